The maximum absolute atomic E-state index is 14.4. The topological polar surface area (TPSA) is 133 Å². The van der Waals surface area contributed by atoms with Gasteiger partial charge in [-0.05, 0) is 79.8 Å². The van der Waals surface area contributed by atoms with E-state index in [4.69, 9.17) is 14.2 Å². The van der Waals surface area contributed by atoms with Gasteiger partial charge in [-0.25, -0.2) is 8.78 Å². The van der Waals surface area contributed by atoms with Gasteiger partial charge in [-0.15, -0.1) is 0 Å². The summed E-state index contributed by atoms with van der Waals surface area (Å²) in [6, 6.07) is 24.8. The molecular weight excluding hydrogens is 826 g/mol. The van der Waals surface area contributed by atoms with Crippen molar-refractivity contribution in [3.05, 3.63) is 112 Å². The highest BCUT2D eigenvalue weighted by Crippen LogP contribution is 2.36. The van der Waals surface area contributed by atoms with Gasteiger partial charge in [0, 0.05) is 23.1 Å². The van der Waals surface area contributed by atoms with Crippen molar-refractivity contribution in [2.75, 3.05) is 30.0 Å². The van der Waals surface area contributed by atoms with E-state index in [1.165, 1.54) is 12.1 Å². The molecule has 6 atom stereocenters. The van der Waals surface area contributed by atoms with E-state index in [1.54, 1.807) is 30.2 Å². The number of amides is 2. The van der Waals surface area contributed by atoms with Crippen molar-refractivity contribution in [1.82, 2.24) is 10.6 Å². The highest BCUT2D eigenvalue weighted by molar-refractivity contribution is 9.10. The summed E-state index contributed by atoms with van der Waals surface area (Å²) >= 11 is 3.09. The van der Waals surface area contributed by atoms with Crippen LogP contribution in [-0.4, -0.2) is 78.7 Å². The number of para-hydroxylation sites is 4. The molecule has 0 aromatic heterocycles. The number of ether oxygens (including phenoxy) is 3. The number of carbonyl (C=O) groups excluding carboxylic acids is 2. The summed E-state index contributed by atoms with van der Waals surface area (Å²) in [5.41, 5.74) is 2.70. The molecule has 0 saturated heterocycles. The van der Waals surface area contributed by atoms with Crippen LogP contribution in [0, 0.1) is 11.6 Å². The second-order valence-corrected chi connectivity index (χ2v) is 16.5. The van der Waals surface area contributed by atoms with Crippen LogP contribution in [0.4, 0.5) is 20.2 Å². The summed E-state index contributed by atoms with van der Waals surface area (Å²) in [5, 5.41) is 26.2. The first-order chi connectivity index (χ1) is 28.6. The molecule has 2 unspecified atom stereocenters. The Bertz CT molecular complexity index is 2050. The van der Waals surface area contributed by atoms with Crippen LogP contribution in [0.15, 0.2) is 89.4 Å². The first kappa shape index (κ1) is 42.2. The lowest BCUT2D eigenvalue weighted by atomic mass is 9.92. The molecule has 0 spiro atoms. The number of carbonyl (C=O) groups is 2. The zero-order valence-electron chi connectivity index (χ0n) is 33.0. The SMILES string of the molecule is COc1ccc(CN2CC(C(=O)N[C@H]3CCCC[C@@H]3O)Oc3ccccc32)cc1.O=C(N[C@H]1CCCC[C@@H]1O)C1CN(Cc2c(F)cc(Br)cc2F)c2ccccc2O1. The Morgan fingerprint density at radius 3 is 1.64 bits per heavy atom. The number of fused-ring (bicyclic) bond motifs is 2. The van der Waals surface area contributed by atoms with Crippen LogP contribution in [0.1, 0.15) is 62.5 Å². The van der Waals surface area contributed by atoms with Crippen molar-refractivity contribution in [3.8, 4) is 17.2 Å². The third-order valence-electron chi connectivity index (χ3n) is 11.4. The van der Waals surface area contributed by atoms with E-state index in [1.807, 2.05) is 54.6 Å². The minimum absolute atomic E-state index is 0.0405. The number of aliphatic hydroxyl groups is 2. The van der Waals surface area contributed by atoms with Crippen molar-refractivity contribution in [1.29, 1.82) is 0 Å². The van der Waals surface area contributed by atoms with E-state index in [-0.39, 0.29) is 42.6 Å². The quantitative estimate of drug-likeness (QED) is 0.144. The zero-order chi connectivity index (χ0) is 41.5. The van der Waals surface area contributed by atoms with Crippen LogP contribution in [-0.2, 0) is 22.7 Å². The van der Waals surface area contributed by atoms with Gasteiger partial charge in [-0.1, -0.05) is 78.0 Å². The lowest BCUT2D eigenvalue weighted by molar-refractivity contribution is -0.130. The molecule has 59 heavy (non-hydrogen) atoms. The second-order valence-electron chi connectivity index (χ2n) is 15.5. The Morgan fingerprint density at radius 1 is 0.712 bits per heavy atom. The number of anilines is 2. The van der Waals surface area contributed by atoms with Gasteiger partial charge in [0.05, 0.1) is 55.9 Å². The molecule has 4 N–H and O–H groups in total. The fourth-order valence-electron chi connectivity index (χ4n) is 8.16. The van der Waals surface area contributed by atoms with E-state index >= 15 is 0 Å². The molecule has 314 valence electrons. The van der Waals surface area contributed by atoms with Crippen LogP contribution in [0.25, 0.3) is 0 Å². The van der Waals surface area contributed by atoms with Gasteiger partial charge in [0.2, 0.25) is 0 Å². The molecule has 4 aliphatic rings. The van der Waals surface area contributed by atoms with Crippen molar-refractivity contribution in [3.63, 3.8) is 0 Å². The minimum atomic E-state index is -0.851. The Morgan fingerprint density at radius 2 is 1.17 bits per heavy atom. The second kappa shape index (κ2) is 19.4. The van der Waals surface area contributed by atoms with Gasteiger partial charge in [0.1, 0.15) is 28.9 Å². The van der Waals surface area contributed by atoms with E-state index < -0.39 is 36.1 Å². The van der Waals surface area contributed by atoms with E-state index in [0.717, 1.165) is 61.9 Å². The summed E-state index contributed by atoms with van der Waals surface area (Å²) in [7, 11) is 1.65. The van der Waals surface area contributed by atoms with Gasteiger partial charge in [-0.2, -0.15) is 0 Å². The maximum Gasteiger partial charge on any atom is 0.263 e. The summed E-state index contributed by atoms with van der Waals surface area (Å²) < 4.78 is 46.3. The number of nitrogens with one attached hydrogen (secondary N) is 2. The smallest absolute Gasteiger partial charge is 0.263 e. The molecule has 8 rings (SSSR count). The van der Waals surface area contributed by atoms with Crippen LogP contribution >= 0.6 is 15.9 Å². The molecule has 2 fully saturated rings. The Balaban J connectivity index is 0.000000179. The third-order valence-corrected chi connectivity index (χ3v) is 11.9. The van der Waals surface area contributed by atoms with E-state index in [2.05, 4.69) is 31.5 Å². The highest BCUT2D eigenvalue weighted by atomic mass is 79.9. The van der Waals surface area contributed by atoms with Crippen LogP contribution in [0.2, 0.25) is 0 Å². The van der Waals surface area contributed by atoms with Crippen LogP contribution < -0.4 is 34.6 Å². The Labute approximate surface area is 351 Å². The number of nitrogens with zero attached hydrogens (tertiary/aromatic N) is 2. The van der Waals surface area contributed by atoms with Crippen LogP contribution in [0.5, 0.6) is 17.2 Å². The van der Waals surface area contributed by atoms with Crippen molar-refractivity contribution < 1.29 is 42.8 Å². The van der Waals surface area contributed by atoms with Gasteiger partial charge < -0.3 is 44.9 Å². The molecule has 4 aromatic rings. The average Bonchev–Trinajstić information content (AvgIpc) is 3.24. The summed E-state index contributed by atoms with van der Waals surface area (Å²) in [5.74, 6) is 0.193. The van der Waals surface area contributed by atoms with Crippen LogP contribution in [0.3, 0.4) is 0 Å². The number of hydrogen-bond donors (Lipinski definition) is 4. The first-order valence-corrected chi connectivity index (χ1v) is 21.1. The molecule has 2 aliphatic heterocycles. The number of methoxy groups -OCH3 is 1. The predicted molar refractivity (Wildman–Crippen MR) is 224 cm³/mol. The largest absolute Gasteiger partial charge is 0.497 e. The molecule has 2 heterocycles. The molecule has 4 aromatic carbocycles. The number of aliphatic hydroxyl groups excluding tert-OH is 2. The fourth-order valence-corrected chi connectivity index (χ4v) is 8.56. The molecular formula is C45H51BrF2N4O7. The van der Waals surface area contributed by atoms with Crippen molar-refractivity contribution >= 4 is 39.1 Å². The molecule has 0 radical (unpaired) electrons. The molecule has 0 bridgehead atoms. The van der Waals surface area contributed by atoms with Gasteiger partial charge in [-0.3, -0.25) is 9.59 Å². The average molecular weight is 878 g/mol. The van der Waals surface area contributed by atoms with E-state index in [9.17, 15) is 28.6 Å². The van der Waals surface area contributed by atoms with E-state index in [0.29, 0.717) is 41.2 Å². The number of benzene rings is 4. The first-order valence-electron chi connectivity index (χ1n) is 20.3. The summed E-state index contributed by atoms with van der Waals surface area (Å²) in [4.78, 5) is 29.7. The predicted octanol–water partition coefficient (Wildman–Crippen LogP) is 6.80. The maximum atomic E-state index is 14.4. The van der Waals surface area contributed by atoms with Gasteiger partial charge >= 0.3 is 0 Å². The lowest BCUT2D eigenvalue weighted by Gasteiger charge is -2.37. The Hall–Kier alpha value is -4.92. The number of hydrogen-bond acceptors (Lipinski definition) is 9. The van der Waals surface area contributed by atoms with Crippen molar-refractivity contribution in [2.24, 2.45) is 0 Å². The molecule has 2 saturated carbocycles. The number of halogens is 3. The Kier molecular flexibility index (Phi) is 13.9. The standard InChI is InChI=1S/C23H28N2O4.C22H23BrF2N2O3/c1-28-17-12-10-16(11-13-17)14-25-15-22(29-21-9-5-3-7-19(21)25)23(27)24-18-6-2-4-8-20(18)26;23-13-9-15(24)14(16(25)10-13)11-27-12-21(30-20-8-4-2-6-18(20)27)22(29)26-17-5-1-3-7-19(17)28/h3,5,7,9-13,18,20,22,26H,2,4,6,8,14-15H2,1H3,(H,24,27);2,4,6,8-10,17,19,21,28H,1,3,5,7,11-12H2,(H,26,29)/t18-,20-,22?;17-,19-,21?/m00/s1. The lowest BCUT2D eigenvalue weighted by Crippen LogP contribution is -2.54. The monoisotopic (exact) mass is 876 g/mol. The summed E-state index contributed by atoms with van der Waals surface area (Å²) in [6.45, 7) is 1.22. The zero-order valence-corrected chi connectivity index (χ0v) is 34.6. The fraction of sp³-hybridized carbons (Fsp3) is 0.422. The summed E-state index contributed by atoms with van der Waals surface area (Å²) in [6.07, 6.45) is 4.35. The molecule has 11 nitrogen and oxygen atoms in total. The highest BCUT2D eigenvalue weighted by Gasteiger charge is 2.36. The normalized spacial score (nSPS) is 23.6. The minimum Gasteiger partial charge on any atom is -0.497 e. The number of rotatable bonds is 9. The molecule has 14 heteroatoms. The van der Waals surface area contributed by atoms with Crippen molar-refractivity contribution in [2.45, 2.75) is 101 Å². The molecule has 2 aliphatic carbocycles. The third kappa shape index (κ3) is 10.5. The van der Waals surface area contributed by atoms with Gasteiger partial charge in [0.25, 0.3) is 11.8 Å². The van der Waals surface area contributed by atoms with Gasteiger partial charge in [0.15, 0.2) is 12.2 Å². The molecule has 2 amide bonds.